The maximum Gasteiger partial charge on any atom is 0.119 e. The van der Waals surface area contributed by atoms with Crippen molar-refractivity contribution in [2.45, 2.75) is 37.9 Å². The Labute approximate surface area is 103 Å². The number of methoxy groups -OCH3 is 1. The molecule has 0 radical (unpaired) electrons. The molecule has 0 spiro atoms. The molecule has 1 heterocycles. The zero-order chi connectivity index (χ0) is 11.7. The summed E-state index contributed by atoms with van der Waals surface area (Å²) in [6, 6.07) is 7.76. The van der Waals surface area contributed by atoms with Crippen LogP contribution in [-0.2, 0) is 13.0 Å². The van der Waals surface area contributed by atoms with Crippen molar-refractivity contribution >= 4 is 0 Å². The van der Waals surface area contributed by atoms with Gasteiger partial charge in [-0.25, -0.2) is 0 Å². The number of ether oxygens (including phenoxy) is 1. The van der Waals surface area contributed by atoms with Gasteiger partial charge in [0.05, 0.1) is 7.11 Å². The zero-order valence-electron chi connectivity index (χ0n) is 10.3. The van der Waals surface area contributed by atoms with Crippen molar-refractivity contribution in [2.75, 3.05) is 13.7 Å². The Hall–Kier alpha value is -1.06. The molecule has 2 N–H and O–H groups in total. The van der Waals surface area contributed by atoms with Gasteiger partial charge in [-0.15, -0.1) is 0 Å². The van der Waals surface area contributed by atoms with Crippen LogP contribution in [0.4, 0.5) is 0 Å². The van der Waals surface area contributed by atoms with Crippen molar-refractivity contribution in [1.29, 1.82) is 0 Å². The van der Waals surface area contributed by atoms with Gasteiger partial charge >= 0.3 is 0 Å². The topological polar surface area (TPSA) is 33.3 Å². The molecule has 1 aliphatic carbocycles. The van der Waals surface area contributed by atoms with E-state index in [1.165, 1.54) is 24.0 Å². The third-order valence-electron chi connectivity index (χ3n) is 3.69. The predicted molar refractivity (Wildman–Crippen MR) is 68.4 cm³/mol. The number of hydrogen-bond donors (Lipinski definition) is 2. The SMILES string of the molecule is COc1ccc2c(c1)CC(CNC1CC1)NC2. The van der Waals surface area contributed by atoms with E-state index in [2.05, 4.69) is 22.8 Å². The van der Waals surface area contributed by atoms with E-state index >= 15 is 0 Å². The number of fused-ring (bicyclic) bond motifs is 1. The quantitative estimate of drug-likeness (QED) is 0.824. The summed E-state index contributed by atoms with van der Waals surface area (Å²) in [6.07, 6.45) is 3.82. The minimum absolute atomic E-state index is 0.565. The Morgan fingerprint density at radius 1 is 1.35 bits per heavy atom. The minimum atomic E-state index is 0.565. The summed E-state index contributed by atoms with van der Waals surface area (Å²) in [5.74, 6) is 0.972. The fraction of sp³-hybridized carbons (Fsp3) is 0.571. The summed E-state index contributed by atoms with van der Waals surface area (Å²) >= 11 is 0. The van der Waals surface area contributed by atoms with Crippen molar-refractivity contribution in [3.05, 3.63) is 29.3 Å². The van der Waals surface area contributed by atoms with E-state index in [1.807, 2.05) is 6.07 Å². The molecule has 0 aromatic heterocycles. The van der Waals surface area contributed by atoms with Gasteiger partial charge in [-0.1, -0.05) is 6.07 Å². The summed E-state index contributed by atoms with van der Waals surface area (Å²) in [6.45, 7) is 2.07. The maximum atomic E-state index is 5.29. The van der Waals surface area contributed by atoms with Gasteiger partial charge in [0, 0.05) is 25.2 Å². The molecule has 1 aromatic rings. The van der Waals surface area contributed by atoms with E-state index in [-0.39, 0.29) is 0 Å². The van der Waals surface area contributed by atoms with Crippen molar-refractivity contribution in [1.82, 2.24) is 10.6 Å². The lowest BCUT2D eigenvalue weighted by atomic mass is 9.95. The van der Waals surface area contributed by atoms with E-state index in [9.17, 15) is 0 Å². The number of nitrogens with one attached hydrogen (secondary N) is 2. The maximum absolute atomic E-state index is 5.29. The van der Waals surface area contributed by atoms with Crippen LogP contribution in [-0.4, -0.2) is 25.7 Å². The van der Waals surface area contributed by atoms with Gasteiger partial charge in [-0.2, -0.15) is 0 Å². The molecule has 0 bridgehead atoms. The zero-order valence-corrected chi connectivity index (χ0v) is 10.3. The largest absolute Gasteiger partial charge is 0.497 e. The molecular formula is C14H20N2O. The highest BCUT2D eigenvalue weighted by Crippen LogP contribution is 2.23. The molecule has 1 fully saturated rings. The first-order valence-electron chi connectivity index (χ1n) is 6.47. The monoisotopic (exact) mass is 232 g/mol. The molecule has 3 heteroatoms. The highest BCUT2D eigenvalue weighted by molar-refractivity contribution is 5.37. The first kappa shape index (κ1) is 11.1. The molecule has 0 saturated heterocycles. The molecule has 3 rings (SSSR count). The number of rotatable bonds is 4. The fourth-order valence-corrected chi connectivity index (χ4v) is 2.42. The fourth-order valence-electron chi connectivity index (χ4n) is 2.42. The molecule has 17 heavy (non-hydrogen) atoms. The molecular weight excluding hydrogens is 212 g/mol. The van der Waals surface area contributed by atoms with E-state index < -0.39 is 0 Å². The Kier molecular flexibility index (Phi) is 3.04. The van der Waals surface area contributed by atoms with Gasteiger partial charge in [0.25, 0.3) is 0 Å². The van der Waals surface area contributed by atoms with Crippen LogP contribution in [0.2, 0.25) is 0 Å². The van der Waals surface area contributed by atoms with E-state index in [1.54, 1.807) is 7.11 Å². The summed E-state index contributed by atoms with van der Waals surface area (Å²) < 4.78 is 5.29. The summed E-state index contributed by atoms with van der Waals surface area (Å²) in [5.41, 5.74) is 2.85. The highest BCUT2D eigenvalue weighted by atomic mass is 16.5. The molecule has 1 atom stereocenters. The van der Waals surface area contributed by atoms with Crippen LogP contribution >= 0.6 is 0 Å². The second-order valence-corrected chi connectivity index (χ2v) is 5.10. The second-order valence-electron chi connectivity index (χ2n) is 5.10. The lowest BCUT2D eigenvalue weighted by Gasteiger charge is -2.26. The minimum Gasteiger partial charge on any atom is -0.497 e. The first-order valence-corrected chi connectivity index (χ1v) is 6.47. The molecule has 1 aliphatic heterocycles. The summed E-state index contributed by atoms with van der Waals surface area (Å²) in [4.78, 5) is 0. The van der Waals surface area contributed by atoms with Gasteiger partial charge in [-0.05, 0) is 42.5 Å². The average Bonchev–Trinajstić information content (AvgIpc) is 3.19. The Morgan fingerprint density at radius 2 is 2.24 bits per heavy atom. The third kappa shape index (κ3) is 2.61. The van der Waals surface area contributed by atoms with Crippen LogP contribution in [0.5, 0.6) is 5.75 Å². The van der Waals surface area contributed by atoms with Gasteiger partial charge < -0.3 is 15.4 Å². The Morgan fingerprint density at radius 3 is 3.00 bits per heavy atom. The lowest BCUT2D eigenvalue weighted by molar-refractivity contribution is 0.409. The number of hydrogen-bond acceptors (Lipinski definition) is 3. The molecule has 92 valence electrons. The summed E-state index contributed by atoms with van der Waals surface area (Å²) in [7, 11) is 1.73. The van der Waals surface area contributed by atoms with Gasteiger partial charge in [0.2, 0.25) is 0 Å². The molecule has 1 saturated carbocycles. The van der Waals surface area contributed by atoms with E-state index in [0.717, 1.165) is 31.3 Å². The molecule has 1 aromatic carbocycles. The lowest BCUT2D eigenvalue weighted by Crippen LogP contribution is -2.43. The van der Waals surface area contributed by atoms with Crippen LogP contribution in [0.1, 0.15) is 24.0 Å². The van der Waals surface area contributed by atoms with Crippen LogP contribution in [0.25, 0.3) is 0 Å². The molecule has 1 unspecified atom stereocenters. The molecule has 0 amide bonds. The first-order chi connectivity index (χ1) is 8.35. The smallest absolute Gasteiger partial charge is 0.119 e. The predicted octanol–water partition coefficient (Wildman–Crippen LogP) is 1.46. The Balaban J connectivity index is 1.65. The normalized spacial score (nSPS) is 23.2. The van der Waals surface area contributed by atoms with Gasteiger partial charge in [0.1, 0.15) is 5.75 Å². The third-order valence-corrected chi connectivity index (χ3v) is 3.69. The van der Waals surface area contributed by atoms with Crippen molar-refractivity contribution in [3.8, 4) is 5.75 Å². The molecule has 3 nitrogen and oxygen atoms in total. The number of benzene rings is 1. The van der Waals surface area contributed by atoms with Crippen LogP contribution in [0.15, 0.2) is 18.2 Å². The van der Waals surface area contributed by atoms with Crippen molar-refractivity contribution in [2.24, 2.45) is 0 Å². The van der Waals surface area contributed by atoms with E-state index in [4.69, 9.17) is 4.74 Å². The van der Waals surface area contributed by atoms with Crippen molar-refractivity contribution < 1.29 is 4.74 Å². The van der Waals surface area contributed by atoms with Crippen LogP contribution in [0.3, 0.4) is 0 Å². The second kappa shape index (κ2) is 4.67. The van der Waals surface area contributed by atoms with Gasteiger partial charge in [-0.3, -0.25) is 0 Å². The van der Waals surface area contributed by atoms with Crippen LogP contribution in [0, 0.1) is 0 Å². The van der Waals surface area contributed by atoms with Gasteiger partial charge in [0.15, 0.2) is 0 Å². The molecule has 2 aliphatic rings. The van der Waals surface area contributed by atoms with Crippen LogP contribution < -0.4 is 15.4 Å². The standard InChI is InChI=1S/C14H20N2O/c1-17-14-5-2-10-8-15-13(6-11(10)7-14)9-16-12-3-4-12/h2,5,7,12-13,15-16H,3-4,6,8-9H2,1H3. The van der Waals surface area contributed by atoms with Crippen molar-refractivity contribution in [3.63, 3.8) is 0 Å². The summed E-state index contributed by atoms with van der Waals surface area (Å²) in [5, 5.41) is 7.18. The average molecular weight is 232 g/mol. The van der Waals surface area contributed by atoms with E-state index in [0.29, 0.717) is 6.04 Å². The Bertz CT molecular complexity index is 401. The highest BCUT2D eigenvalue weighted by Gasteiger charge is 2.23.